The molecule has 142 valence electrons. The monoisotopic (exact) mass is 379 g/mol. The minimum absolute atomic E-state index is 0.268. The summed E-state index contributed by atoms with van der Waals surface area (Å²) < 4.78 is 48.5. The van der Waals surface area contributed by atoms with Crippen molar-refractivity contribution in [3.8, 4) is 5.75 Å². The number of amidine groups is 1. The maximum absolute atomic E-state index is 12.5. The molecule has 27 heavy (non-hydrogen) atoms. The molecule has 6 nitrogen and oxygen atoms in total. The lowest BCUT2D eigenvalue weighted by Gasteiger charge is -2.24. The second-order valence-electron chi connectivity index (χ2n) is 6.39. The van der Waals surface area contributed by atoms with E-state index in [-0.39, 0.29) is 5.75 Å². The third kappa shape index (κ3) is 4.19. The summed E-state index contributed by atoms with van der Waals surface area (Å²) in [4.78, 5) is 4.68. The Morgan fingerprint density at radius 3 is 2.81 bits per heavy atom. The lowest BCUT2D eigenvalue weighted by atomic mass is 10.0. The van der Waals surface area contributed by atoms with Crippen LogP contribution in [-0.2, 0) is 4.74 Å². The van der Waals surface area contributed by atoms with E-state index in [1.807, 2.05) is 6.08 Å². The lowest BCUT2D eigenvalue weighted by Crippen LogP contribution is -2.40. The molecular weight excluding hydrogens is 361 g/mol. The van der Waals surface area contributed by atoms with E-state index >= 15 is 0 Å². The SMILES string of the molecule is FC(F)(F)Oc1cccc(C2=CN=[N+]3C=CC(NC4CCOCC4)=NC23)c1. The molecule has 9 heteroatoms. The summed E-state index contributed by atoms with van der Waals surface area (Å²) in [6, 6.07) is 6.14. The molecule has 1 aromatic carbocycles. The van der Waals surface area contributed by atoms with Crippen LogP contribution in [0.25, 0.3) is 5.57 Å². The third-order valence-electron chi connectivity index (χ3n) is 4.48. The van der Waals surface area contributed by atoms with Crippen LogP contribution in [0, 0.1) is 0 Å². The highest BCUT2D eigenvalue weighted by Crippen LogP contribution is 2.32. The molecule has 0 spiro atoms. The zero-order valence-corrected chi connectivity index (χ0v) is 14.3. The topological polar surface area (TPSA) is 58.2 Å². The van der Waals surface area contributed by atoms with Gasteiger partial charge in [-0.15, -0.1) is 13.2 Å². The second-order valence-corrected chi connectivity index (χ2v) is 6.39. The van der Waals surface area contributed by atoms with E-state index in [1.165, 1.54) is 18.2 Å². The fourth-order valence-electron chi connectivity index (χ4n) is 3.20. The van der Waals surface area contributed by atoms with Crippen LogP contribution in [0.2, 0.25) is 0 Å². The summed E-state index contributed by atoms with van der Waals surface area (Å²) in [7, 11) is 0. The number of benzene rings is 1. The molecule has 3 aliphatic rings. The highest BCUT2D eigenvalue weighted by molar-refractivity contribution is 5.94. The van der Waals surface area contributed by atoms with E-state index in [2.05, 4.69) is 20.2 Å². The average Bonchev–Trinajstić information content (AvgIpc) is 3.05. The molecule has 0 aromatic heterocycles. The van der Waals surface area contributed by atoms with E-state index in [0.29, 0.717) is 17.2 Å². The Hall–Kier alpha value is -2.68. The Morgan fingerprint density at radius 2 is 2.04 bits per heavy atom. The first kappa shape index (κ1) is 17.7. The minimum Gasteiger partial charge on any atom is -0.406 e. The Labute approximate surface area is 153 Å². The predicted molar refractivity (Wildman–Crippen MR) is 91.1 cm³/mol. The molecule has 1 N–H and O–H groups in total. The van der Waals surface area contributed by atoms with E-state index in [0.717, 1.165) is 31.9 Å². The predicted octanol–water partition coefficient (Wildman–Crippen LogP) is 3.42. The number of alkyl halides is 3. The smallest absolute Gasteiger partial charge is 0.406 e. The molecule has 1 aromatic rings. The number of ether oxygens (including phenoxy) is 2. The summed E-state index contributed by atoms with van der Waals surface area (Å²) in [5.41, 5.74) is 1.29. The van der Waals surface area contributed by atoms with Gasteiger partial charge in [0.25, 0.3) is 0 Å². The van der Waals surface area contributed by atoms with Crippen molar-refractivity contribution in [1.82, 2.24) is 5.32 Å². The maximum atomic E-state index is 12.5. The first-order chi connectivity index (χ1) is 13.0. The zero-order valence-electron chi connectivity index (χ0n) is 14.3. The van der Waals surface area contributed by atoms with Crippen LogP contribution < -0.4 is 10.1 Å². The quantitative estimate of drug-likeness (QED) is 0.819. The van der Waals surface area contributed by atoms with Crippen molar-refractivity contribution in [2.24, 2.45) is 10.1 Å². The molecule has 0 bridgehead atoms. The molecule has 3 aliphatic heterocycles. The summed E-state index contributed by atoms with van der Waals surface area (Å²) in [5, 5.41) is 7.67. The third-order valence-corrected chi connectivity index (χ3v) is 4.48. The van der Waals surface area contributed by atoms with Crippen LogP contribution in [-0.4, -0.2) is 42.3 Å². The normalized spacial score (nSPS) is 22.6. The molecular formula is C18H18F3N4O2+. The van der Waals surface area contributed by atoms with Gasteiger partial charge in [0.1, 0.15) is 17.8 Å². The van der Waals surface area contributed by atoms with Gasteiger partial charge in [0.05, 0.1) is 5.57 Å². The number of aliphatic imine (C=N–C) groups is 1. The van der Waals surface area contributed by atoms with Gasteiger partial charge in [0, 0.05) is 25.3 Å². The van der Waals surface area contributed by atoms with Crippen LogP contribution >= 0.6 is 0 Å². The summed E-state index contributed by atoms with van der Waals surface area (Å²) in [6.07, 6.45) is 1.93. The Bertz CT molecular complexity index is 839. The Balaban J connectivity index is 1.52. The molecule has 1 saturated heterocycles. The number of hydrogen-bond acceptors (Lipinski definition) is 5. The second kappa shape index (κ2) is 7.15. The fourth-order valence-corrected chi connectivity index (χ4v) is 3.20. The van der Waals surface area contributed by atoms with Crippen molar-refractivity contribution in [3.63, 3.8) is 0 Å². The first-order valence-electron chi connectivity index (χ1n) is 8.63. The Morgan fingerprint density at radius 1 is 1.22 bits per heavy atom. The number of nitrogens with one attached hydrogen (secondary N) is 1. The van der Waals surface area contributed by atoms with Crippen LogP contribution in [0.3, 0.4) is 0 Å². The largest absolute Gasteiger partial charge is 0.573 e. The highest BCUT2D eigenvalue weighted by atomic mass is 19.4. The van der Waals surface area contributed by atoms with Gasteiger partial charge in [0.2, 0.25) is 6.20 Å². The van der Waals surface area contributed by atoms with Gasteiger partial charge in [-0.25, -0.2) is 0 Å². The maximum Gasteiger partial charge on any atom is 0.573 e. The molecule has 4 rings (SSSR count). The number of halogens is 3. The molecule has 1 atom stereocenters. The van der Waals surface area contributed by atoms with Crippen molar-refractivity contribution in [3.05, 3.63) is 48.3 Å². The van der Waals surface area contributed by atoms with Crippen molar-refractivity contribution < 1.29 is 27.3 Å². The molecule has 1 fully saturated rings. The lowest BCUT2D eigenvalue weighted by molar-refractivity contribution is -0.542. The summed E-state index contributed by atoms with van der Waals surface area (Å²) in [5.74, 6) is 0.462. The molecule has 1 unspecified atom stereocenters. The van der Waals surface area contributed by atoms with Crippen LogP contribution in [0.1, 0.15) is 18.4 Å². The number of nitrogens with zero attached hydrogens (tertiary/aromatic N) is 3. The van der Waals surface area contributed by atoms with Gasteiger partial charge >= 0.3 is 12.5 Å². The molecule has 0 amide bonds. The highest BCUT2D eigenvalue weighted by Gasteiger charge is 2.36. The molecule has 0 radical (unpaired) electrons. The molecule has 0 aliphatic carbocycles. The van der Waals surface area contributed by atoms with Crippen molar-refractivity contribution in [1.29, 1.82) is 0 Å². The average molecular weight is 379 g/mol. The Kier molecular flexibility index (Phi) is 4.69. The zero-order chi connectivity index (χ0) is 18.9. The van der Waals surface area contributed by atoms with E-state index < -0.39 is 12.5 Å². The fraction of sp³-hybridized carbons (Fsp3) is 0.389. The van der Waals surface area contributed by atoms with E-state index in [9.17, 15) is 13.2 Å². The van der Waals surface area contributed by atoms with Gasteiger partial charge < -0.3 is 14.8 Å². The van der Waals surface area contributed by atoms with Gasteiger partial charge in [-0.1, -0.05) is 16.8 Å². The molecule has 0 saturated carbocycles. The van der Waals surface area contributed by atoms with Crippen molar-refractivity contribution in [2.45, 2.75) is 31.4 Å². The van der Waals surface area contributed by atoms with Gasteiger partial charge in [-0.3, -0.25) is 0 Å². The van der Waals surface area contributed by atoms with E-state index in [4.69, 9.17) is 4.74 Å². The summed E-state index contributed by atoms with van der Waals surface area (Å²) in [6.45, 7) is 1.44. The van der Waals surface area contributed by atoms with Crippen LogP contribution in [0.5, 0.6) is 5.75 Å². The van der Waals surface area contributed by atoms with E-state index in [1.54, 1.807) is 23.2 Å². The molecule has 3 heterocycles. The van der Waals surface area contributed by atoms with Crippen LogP contribution in [0.4, 0.5) is 13.2 Å². The number of rotatable bonds is 3. The van der Waals surface area contributed by atoms with Crippen molar-refractivity contribution >= 4 is 11.4 Å². The number of hydrogen-bond donors (Lipinski definition) is 1. The van der Waals surface area contributed by atoms with Crippen molar-refractivity contribution in [2.75, 3.05) is 13.2 Å². The van der Waals surface area contributed by atoms with Gasteiger partial charge in [0.15, 0.2) is 0 Å². The van der Waals surface area contributed by atoms with Crippen LogP contribution in [0.15, 0.2) is 52.8 Å². The van der Waals surface area contributed by atoms with Gasteiger partial charge in [-0.2, -0.15) is 4.99 Å². The standard InChI is InChI=1S/C18H18F3N4O2/c19-18(20,21)27-14-3-1-2-12(10-14)15-11-22-25-7-4-16(24-17(15)25)23-13-5-8-26-9-6-13/h1-4,7,10-11,13,17H,5-6,8-9H2,(H,23,24)/q+1. The summed E-state index contributed by atoms with van der Waals surface area (Å²) >= 11 is 0. The first-order valence-corrected chi connectivity index (χ1v) is 8.63. The minimum atomic E-state index is -4.73. The van der Waals surface area contributed by atoms with Gasteiger partial charge in [-0.05, 0) is 35.7 Å². The number of azo groups is 2. The number of fused-ring (bicyclic) bond motifs is 1.